The van der Waals surface area contributed by atoms with E-state index >= 15 is 0 Å². The molecule has 4 nitrogen and oxygen atoms in total. The zero-order valence-corrected chi connectivity index (χ0v) is 12.8. The van der Waals surface area contributed by atoms with E-state index in [1.165, 1.54) is 5.56 Å². The number of nitrogens with zero attached hydrogens (tertiary/aromatic N) is 2. The predicted octanol–water partition coefficient (Wildman–Crippen LogP) is 3.47. The third-order valence-electron chi connectivity index (χ3n) is 3.25. The van der Waals surface area contributed by atoms with E-state index in [4.69, 9.17) is 4.74 Å². The van der Waals surface area contributed by atoms with Crippen LogP contribution in [0.25, 0.3) is 10.2 Å². The third kappa shape index (κ3) is 3.42. The summed E-state index contributed by atoms with van der Waals surface area (Å²) in [6.45, 7) is 8.21. The second-order valence-electron chi connectivity index (χ2n) is 5.58. The summed E-state index contributed by atoms with van der Waals surface area (Å²) in [6.07, 6.45) is 2.65. The van der Waals surface area contributed by atoms with E-state index in [0.717, 1.165) is 35.6 Å². The van der Waals surface area contributed by atoms with Crippen LogP contribution >= 0.6 is 11.3 Å². The van der Waals surface area contributed by atoms with Gasteiger partial charge in [-0.05, 0) is 29.7 Å². The highest BCUT2D eigenvalue weighted by molar-refractivity contribution is 7.18. The van der Waals surface area contributed by atoms with Crippen LogP contribution in [-0.4, -0.2) is 30.2 Å². The van der Waals surface area contributed by atoms with E-state index in [-0.39, 0.29) is 5.41 Å². The van der Waals surface area contributed by atoms with E-state index in [0.29, 0.717) is 0 Å². The summed E-state index contributed by atoms with van der Waals surface area (Å²) in [6, 6.07) is 0. The van der Waals surface area contributed by atoms with Crippen LogP contribution in [0, 0.1) is 12.3 Å². The minimum Gasteiger partial charge on any atom is -0.385 e. The molecule has 2 aromatic heterocycles. The van der Waals surface area contributed by atoms with E-state index < -0.39 is 0 Å². The van der Waals surface area contributed by atoms with Gasteiger partial charge in [-0.15, -0.1) is 11.3 Å². The Morgan fingerprint density at radius 1 is 1.37 bits per heavy atom. The minimum absolute atomic E-state index is 0.180. The first-order chi connectivity index (χ1) is 9.03. The molecule has 104 valence electrons. The summed E-state index contributed by atoms with van der Waals surface area (Å²) in [5.74, 6) is 0.939. The lowest BCUT2D eigenvalue weighted by Crippen LogP contribution is -2.25. The predicted molar refractivity (Wildman–Crippen MR) is 80.9 cm³/mol. The van der Waals surface area contributed by atoms with Gasteiger partial charge in [-0.25, -0.2) is 9.97 Å². The van der Waals surface area contributed by atoms with Crippen molar-refractivity contribution in [1.29, 1.82) is 0 Å². The number of thiophene rings is 1. The maximum absolute atomic E-state index is 5.15. The number of aryl methyl sites for hydroxylation is 1. The first kappa shape index (κ1) is 14.2. The average molecular weight is 279 g/mol. The van der Waals surface area contributed by atoms with Gasteiger partial charge in [0.15, 0.2) is 0 Å². The van der Waals surface area contributed by atoms with Gasteiger partial charge < -0.3 is 10.1 Å². The summed E-state index contributed by atoms with van der Waals surface area (Å²) >= 11 is 1.70. The lowest BCUT2D eigenvalue weighted by atomic mass is 9.90. The van der Waals surface area contributed by atoms with Crippen molar-refractivity contribution in [2.45, 2.75) is 27.2 Å². The number of rotatable bonds is 6. The van der Waals surface area contributed by atoms with Crippen LogP contribution in [0.3, 0.4) is 0 Å². The Kier molecular flexibility index (Phi) is 4.37. The monoisotopic (exact) mass is 279 g/mol. The van der Waals surface area contributed by atoms with Crippen LogP contribution in [0.1, 0.15) is 25.8 Å². The Morgan fingerprint density at radius 2 is 2.16 bits per heavy atom. The number of aromatic nitrogens is 2. The van der Waals surface area contributed by atoms with Gasteiger partial charge in [0.25, 0.3) is 0 Å². The number of hydrogen-bond acceptors (Lipinski definition) is 5. The molecule has 0 aliphatic heterocycles. The molecule has 19 heavy (non-hydrogen) atoms. The second-order valence-corrected chi connectivity index (χ2v) is 6.46. The van der Waals surface area contributed by atoms with Gasteiger partial charge in [0.05, 0.1) is 10.2 Å². The number of anilines is 1. The Balaban J connectivity index is 2.09. The van der Waals surface area contributed by atoms with Crippen molar-refractivity contribution in [3.63, 3.8) is 0 Å². The number of nitrogens with one attached hydrogen (secondary N) is 1. The highest BCUT2D eigenvalue weighted by atomic mass is 32.1. The van der Waals surface area contributed by atoms with Gasteiger partial charge in [0.2, 0.25) is 0 Å². The van der Waals surface area contributed by atoms with Crippen molar-refractivity contribution in [1.82, 2.24) is 9.97 Å². The molecule has 0 radical (unpaired) electrons. The van der Waals surface area contributed by atoms with Crippen LogP contribution in [0.4, 0.5) is 5.82 Å². The first-order valence-electron chi connectivity index (χ1n) is 6.45. The zero-order valence-electron chi connectivity index (χ0n) is 12.0. The quantitative estimate of drug-likeness (QED) is 0.879. The van der Waals surface area contributed by atoms with Crippen LogP contribution in [-0.2, 0) is 4.74 Å². The number of ether oxygens (including phenoxy) is 1. The van der Waals surface area contributed by atoms with Gasteiger partial charge in [-0.2, -0.15) is 0 Å². The summed E-state index contributed by atoms with van der Waals surface area (Å²) in [5.41, 5.74) is 2.45. The first-order valence-corrected chi connectivity index (χ1v) is 7.33. The molecule has 2 rings (SSSR count). The Hall–Kier alpha value is -1.20. The zero-order chi connectivity index (χ0) is 13.9. The van der Waals surface area contributed by atoms with E-state index in [9.17, 15) is 0 Å². The van der Waals surface area contributed by atoms with Gasteiger partial charge in [0, 0.05) is 20.3 Å². The fraction of sp³-hybridized carbons (Fsp3) is 0.571. The molecular formula is C14H21N3OS. The Labute approximate surface area is 118 Å². The molecule has 0 atom stereocenters. The molecule has 0 fully saturated rings. The average Bonchev–Trinajstić information content (AvgIpc) is 2.77. The van der Waals surface area contributed by atoms with E-state index in [2.05, 4.69) is 41.4 Å². The Morgan fingerprint density at radius 3 is 2.89 bits per heavy atom. The molecule has 2 heterocycles. The maximum Gasteiger partial charge on any atom is 0.147 e. The molecule has 0 aromatic carbocycles. The van der Waals surface area contributed by atoms with Gasteiger partial charge in [-0.3, -0.25) is 0 Å². The lowest BCUT2D eigenvalue weighted by Gasteiger charge is -2.24. The van der Waals surface area contributed by atoms with Crippen molar-refractivity contribution in [2.75, 3.05) is 25.6 Å². The summed E-state index contributed by atoms with van der Waals surface area (Å²) < 4.78 is 6.29. The second kappa shape index (κ2) is 5.84. The van der Waals surface area contributed by atoms with Crippen molar-refractivity contribution in [3.05, 3.63) is 17.3 Å². The summed E-state index contributed by atoms with van der Waals surface area (Å²) in [7, 11) is 1.74. The fourth-order valence-corrected chi connectivity index (χ4v) is 2.85. The summed E-state index contributed by atoms with van der Waals surface area (Å²) in [5, 5.41) is 5.58. The molecule has 0 saturated carbocycles. The van der Waals surface area contributed by atoms with Crippen molar-refractivity contribution in [3.8, 4) is 0 Å². The smallest absolute Gasteiger partial charge is 0.147 e. The normalized spacial score (nSPS) is 12.0. The van der Waals surface area contributed by atoms with Gasteiger partial charge >= 0.3 is 0 Å². The van der Waals surface area contributed by atoms with Crippen LogP contribution in [0.5, 0.6) is 0 Å². The molecule has 0 saturated heterocycles. The molecule has 5 heteroatoms. The molecular weight excluding hydrogens is 258 g/mol. The topological polar surface area (TPSA) is 47.0 Å². The van der Waals surface area contributed by atoms with Crippen LogP contribution < -0.4 is 5.32 Å². The molecule has 0 bridgehead atoms. The van der Waals surface area contributed by atoms with E-state index in [1.807, 2.05) is 0 Å². The van der Waals surface area contributed by atoms with Gasteiger partial charge in [0.1, 0.15) is 12.1 Å². The lowest BCUT2D eigenvalue weighted by molar-refractivity contribution is 0.157. The largest absolute Gasteiger partial charge is 0.385 e. The van der Waals surface area contributed by atoms with E-state index in [1.54, 1.807) is 24.8 Å². The summed E-state index contributed by atoms with van der Waals surface area (Å²) in [4.78, 5) is 8.70. The molecule has 0 aliphatic carbocycles. The third-order valence-corrected chi connectivity index (χ3v) is 4.34. The van der Waals surface area contributed by atoms with Crippen molar-refractivity contribution < 1.29 is 4.74 Å². The fourth-order valence-electron chi connectivity index (χ4n) is 1.89. The molecule has 0 amide bonds. The molecule has 1 N–H and O–H groups in total. The van der Waals surface area contributed by atoms with Crippen LogP contribution in [0.2, 0.25) is 0 Å². The molecule has 0 aliphatic rings. The van der Waals surface area contributed by atoms with Crippen LogP contribution in [0.15, 0.2) is 11.7 Å². The van der Waals surface area contributed by atoms with Gasteiger partial charge in [-0.1, -0.05) is 13.8 Å². The maximum atomic E-state index is 5.15. The molecule has 0 spiro atoms. The number of methoxy groups -OCH3 is 1. The number of fused-ring (bicyclic) bond motifs is 1. The van der Waals surface area contributed by atoms with Crippen molar-refractivity contribution >= 4 is 27.4 Å². The number of hydrogen-bond donors (Lipinski definition) is 1. The SMILES string of the molecule is COCCC(C)(C)CNc1ncnc2c(C)csc12. The molecule has 0 unspecified atom stereocenters. The molecule has 2 aromatic rings. The highest BCUT2D eigenvalue weighted by Gasteiger charge is 2.18. The highest BCUT2D eigenvalue weighted by Crippen LogP contribution is 2.29. The standard InChI is InChI=1S/C14H21N3OS/c1-10-7-19-12-11(10)16-9-17-13(12)15-8-14(2,3)5-6-18-4/h7,9H,5-6,8H2,1-4H3,(H,15,16,17). The van der Waals surface area contributed by atoms with Crippen molar-refractivity contribution in [2.24, 2.45) is 5.41 Å². The Bertz CT molecular complexity index is 551. The minimum atomic E-state index is 0.180.